The van der Waals surface area contributed by atoms with Gasteiger partial charge in [0.25, 0.3) is 0 Å². The molecule has 2 heterocycles. The number of hydrogen-bond acceptors (Lipinski definition) is 3. The molecule has 3 nitrogen and oxygen atoms in total. The molecule has 4 heteroatoms. The molecule has 2 rings (SSSR count). The first-order valence-corrected chi connectivity index (χ1v) is 6.57. The number of aromatic nitrogens is 2. The average molecular weight is 235 g/mol. The van der Waals surface area contributed by atoms with E-state index in [9.17, 15) is 0 Å². The van der Waals surface area contributed by atoms with E-state index in [2.05, 4.69) is 45.5 Å². The van der Waals surface area contributed by atoms with Crippen LogP contribution in [0, 0.1) is 0 Å². The maximum atomic E-state index is 4.47. The molecular weight excluding hydrogens is 218 g/mol. The summed E-state index contributed by atoms with van der Waals surface area (Å²) in [7, 11) is 0. The van der Waals surface area contributed by atoms with E-state index < -0.39 is 0 Å². The Hall–Kier alpha value is -1.13. The van der Waals surface area contributed by atoms with Crippen molar-refractivity contribution in [2.75, 3.05) is 6.54 Å². The summed E-state index contributed by atoms with van der Waals surface area (Å²) in [6.07, 6.45) is 3.90. The van der Waals surface area contributed by atoms with Crippen LogP contribution in [0.15, 0.2) is 29.2 Å². The summed E-state index contributed by atoms with van der Waals surface area (Å²) >= 11 is 1.73. The molecule has 1 N–H and O–H groups in total. The topological polar surface area (TPSA) is 29.9 Å². The lowest BCUT2D eigenvalue weighted by molar-refractivity contribution is 0.560. The number of aryl methyl sites for hydroxylation is 1. The molecule has 0 radical (unpaired) electrons. The highest BCUT2D eigenvalue weighted by Crippen LogP contribution is 2.22. The van der Waals surface area contributed by atoms with Gasteiger partial charge >= 0.3 is 0 Å². The van der Waals surface area contributed by atoms with E-state index in [0.717, 1.165) is 18.9 Å². The lowest BCUT2D eigenvalue weighted by Crippen LogP contribution is -2.24. The number of nitrogens with one attached hydrogen (secondary N) is 1. The van der Waals surface area contributed by atoms with Crippen LogP contribution in [-0.2, 0) is 6.54 Å². The zero-order chi connectivity index (χ0) is 11.4. The third-order valence-corrected chi connectivity index (χ3v) is 3.33. The average Bonchev–Trinajstić information content (AvgIpc) is 2.96. The van der Waals surface area contributed by atoms with Crippen LogP contribution >= 0.6 is 11.3 Å². The summed E-state index contributed by atoms with van der Waals surface area (Å²) in [5.74, 6) is 1.10. The molecule has 0 bridgehead atoms. The summed E-state index contributed by atoms with van der Waals surface area (Å²) in [5.41, 5.74) is 1.30. The SMILES string of the molecule is CCNC(c1ccsc1)c1nccn1CC. The molecule has 86 valence electrons. The molecule has 0 saturated heterocycles. The van der Waals surface area contributed by atoms with E-state index in [0.29, 0.717) is 0 Å². The summed E-state index contributed by atoms with van der Waals surface area (Å²) in [6.45, 7) is 6.17. The normalized spacial score (nSPS) is 12.9. The minimum Gasteiger partial charge on any atom is -0.334 e. The molecule has 0 aliphatic rings. The van der Waals surface area contributed by atoms with Crippen LogP contribution in [0.4, 0.5) is 0 Å². The molecule has 0 saturated carbocycles. The molecule has 0 aromatic carbocycles. The number of hydrogen-bond donors (Lipinski definition) is 1. The highest BCUT2D eigenvalue weighted by Gasteiger charge is 2.17. The van der Waals surface area contributed by atoms with Gasteiger partial charge in [-0.05, 0) is 35.9 Å². The van der Waals surface area contributed by atoms with Crippen molar-refractivity contribution in [1.82, 2.24) is 14.9 Å². The van der Waals surface area contributed by atoms with E-state index in [4.69, 9.17) is 0 Å². The van der Waals surface area contributed by atoms with Crippen LogP contribution in [0.2, 0.25) is 0 Å². The molecule has 0 aliphatic carbocycles. The summed E-state index contributed by atoms with van der Waals surface area (Å²) in [6, 6.07) is 2.37. The van der Waals surface area contributed by atoms with Crippen molar-refractivity contribution in [3.05, 3.63) is 40.6 Å². The monoisotopic (exact) mass is 235 g/mol. The third kappa shape index (κ3) is 2.18. The number of imidazole rings is 1. The van der Waals surface area contributed by atoms with Gasteiger partial charge in [0.15, 0.2) is 0 Å². The van der Waals surface area contributed by atoms with Crippen LogP contribution in [0.3, 0.4) is 0 Å². The fraction of sp³-hybridized carbons (Fsp3) is 0.417. The number of rotatable bonds is 5. The van der Waals surface area contributed by atoms with Gasteiger partial charge in [0.1, 0.15) is 5.82 Å². The molecular formula is C12H17N3S. The smallest absolute Gasteiger partial charge is 0.130 e. The van der Waals surface area contributed by atoms with Crippen molar-refractivity contribution < 1.29 is 0 Å². The van der Waals surface area contributed by atoms with Gasteiger partial charge in [-0.2, -0.15) is 11.3 Å². The molecule has 0 fully saturated rings. The third-order valence-electron chi connectivity index (χ3n) is 2.63. The molecule has 0 aliphatic heterocycles. The fourth-order valence-corrected chi connectivity index (χ4v) is 2.54. The van der Waals surface area contributed by atoms with Crippen LogP contribution in [-0.4, -0.2) is 16.1 Å². The first kappa shape index (κ1) is 11.4. The van der Waals surface area contributed by atoms with E-state index in [1.165, 1.54) is 5.56 Å². The van der Waals surface area contributed by atoms with Crippen LogP contribution in [0.25, 0.3) is 0 Å². The maximum Gasteiger partial charge on any atom is 0.130 e. The second kappa shape index (κ2) is 5.27. The maximum absolute atomic E-state index is 4.47. The number of thiophene rings is 1. The second-order valence-corrected chi connectivity index (χ2v) is 4.40. The lowest BCUT2D eigenvalue weighted by atomic mass is 10.1. The van der Waals surface area contributed by atoms with Gasteiger partial charge < -0.3 is 9.88 Å². The molecule has 16 heavy (non-hydrogen) atoms. The minimum absolute atomic E-state index is 0.214. The predicted octanol–water partition coefficient (Wildman–Crippen LogP) is 2.66. The molecule has 0 amide bonds. The minimum atomic E-state index is 0.214. The Labute approximate surface area is 100 Å². The van der Waals surface area contributed by atoms with E-state index in [1.807, 2.05) is 12.4 Å². The molecule has 2 aromatic rings. The Kier molecular flexibility index (Phi) is 3.74. The van der Waals surface area contributed by atoms with Crippen molar-refractivity contribution in [3.8, 4) is 0 Å². The second-order valence-electron chi connectivity index (χ2n) is 3.62. The van der Waals surface area contributed by atoms with Gasteiger partial charge in [-0.1, -0.05) is 6.92 Å². The lowest BCUT2D eigenvalue weighted by Gasteiger charge is -2.17. The Morgan fingerprint density at radius 1 is 1.50 bits per heavy atom. The molecule has 1 atom stereocenters. The Morgan fingerprint density at radius 3 is 3.00 bits per heavy atom. The standard InChI is InChI=1S/C12H17N3S/c1-3-13-11(10-5-8-16-9-10)12-14-6-7-15(12)4-2/h5-9,11,13H,3-4H2,1-2H3. The Bertz CT molecular complexity index is 419. The van der Waals surface area contributed by atoms with Crippen molar-refractivity contribution in [3.63, 3.8) is 0 Å². The van der Waals surface area contributed by atoms with Crippen molar-refractivity contribution in [1.29, 1.82) is 0 Å². The van der Waals surface area contributed by atoms with Crippen LogP contribution in [0.5, 0.6) is 0 Å². The predicted molar refractivity (Wildman–Crippen MR) is 67.7 cm³/mol. The molecule has 2 aromatic heterocycles. The fourth-order valence-electron chi connectivity index (χ4n) is 1.85. The molecule has 1 unspecified atom stereocenters. The van der Waals surface area contributed by atoms with Crippen LogP contribution < -0.4 is 5.32 Å². The summed E-state index contributed by atoms with van der Waals surface area (Å²) < 4.78 is 2.19. The van der Waals surface area contributed by atoms with Crippen molar-refractivity contribution in [2.45, 2.75) is 26.4 Å². The van der Waals surface area contributed by atoms with Gasteiger partial charge in [-0.25, -0.2) is 4.98 Å². The molecule has 0 spiro atoms. The van der Waals surface area contributed by atoms with Gasteiger partial charge in [-0.15, -0.1) is 0 Å². The Morgan fingerprint density at radius 2 is 2.38 bits per heavy atom. The van der Waals surface area contributed by atoms with Crippen molar-refractivity contribution >= 4 is 11.3 Å². The first-order valence-electron chi connectivity index (χ1n) is 5.63. The highest BCUT2D eigenvalue weighted by atomic mass is 32.1. The first-order chi connectivity index (χ1) is 7.86. The van der Waals surface area contributed by atoms with Gasteiger partial charge in [0.05, 0.1) is 6.04 Å². The van der Waals surface area contributed by atoms with Crippen molar-refractivity contribution in [2.24, 2.45) is 0 Å². The van der Waals surface area contributed by atoms with Gasteiger partial charge in [0, 0.05) is 18.9 Å². The quantitative estimate of drug-likeness (QED) is 0.863. The zero-order valence-corrected chi connectivity index (χ0v) is 10.5. The summed E-state index contributed by atoms with van der Waals surface area (Å²) in [5, 5.41) is 7.78. The summed E-state index contributed by atoms with van der Waals surface area (Å²) in [4.78, 5) is 4.47. The largest absolute Gasteiger partial charge is 0.334 e. The van der Waals surface area contributed by atoms with Gasteiger partial charge in [0.2, 0.25) is 0 Å². The van der Waals surface area contributed by atoms with E-state index >= 15 is 0 Å². The van der Waals surface area contributed by atoms with E-state index in [-0.39, 0.29) is 6.04 Å². The number of nitrogens with zero attached hydrogens (tertiary/aromatic N) is 2. The zero-order valence-electron chi connectivity index (χ0n) is 9.68. The van der Waals surface area contributed by atoms with Gasteiger partial charge in [-0.3, -0.25) is 0 Å². The Balaban J connectivity index is 2.33. The van der Waals surface area contributed by atoms with E-state index in [1.54, 1.807) is 11.3 Å². The highest BCUT2D eigenvalue weighted by molar-refractivity contribution is 7.08. The van der Waals surface area contributed by atoms with Crippen LogP contribution in [0.1, 0.15) is 31.3 Å².